The molecule has 0 aliphatic carbocycles. The molecule has 0 radical (unpaired) electrons. The van der Waals surface area contributed by atoms with Crippen molar-refractivity contribution in [3.8, 4) is 5.69 Å². The number of aromatic nitrogens is 3. The van der Waals surface area contributed by atoms with Crippen LogP contribution in [0.3, 0.4) is 0 Å². The largest absolute Gasteiger partial charge is 0.325 e. The smallest absolute Gasteiger partial charge is 0.100 e. The van der Waals surface area contributed by atoms with Crippen LogP contribution in [0.15, 0.2) is 35.7 Å². The van der Waals surface area contributed by atoms with Crippen LogP contribution in [-0.2, 0) is 13.0 Å². The standard InChI is InChI=1S/C16H18N4S/c1-11-5-6-13(8-12(11)2)20-16(15(10-17)18-19-20)9-14-4-3-7-21-14/h3-8H,9-10,17H2,1-2H3. The molecule has 2 heterocycles. The molecule has 0 aliphatic heterocycles. The Bertz CT molecular complexity index is 744. The molecule has 2 N–H and O–H groups in total. The zero-order valence-corrected chi connectivity index (χ0v) is 13.0. The van der Waals surface area contributed by atoms with Gasteiger partial charge in [-0.1, -0.05) is 17.3 Å². The maximum absolute atomic E-state index is 5.81. The molecule has 0 saturated carbocycles. The van der Waals surface area contributed by atoms with Crippen molar-refractivity contribution in [3.63, 3.8) is 0 Å². The number of nitrogens with zero attached hydrogens (tertiary/aromatic N) is 3. The molecule has 21 heavy (non-hydrogen) atoms. The molecule has 0 amide bonds. The summed E-state index contributed by atoms with van der Waals surface area (Å²) in [7, 11) is 0. The van der Waals surface area contributed by atoms with Crippen molar-refractivity contribution in [3.05, 3.63) is 63.1 Å². The Balaban J connectivity index is 2.05. The van der Waals surface area contributed by atoms with E-state index in [9.17, 15) is 0 Å². The molecule has 0 spiro atoms. The molecule has 3 aromatic rings. The molecule has 0 bridgehead atoms. The van der Waals surface area contributed by atoms with E-state index in [1.165, 1.54) is 16.0 Å². The van der Waals surface area contributed by atoms with Gasteiger partial charge in [-0.2, -0.15) is 0 Å². The van der Waals surface area contributed by atoms with Gasteiger partial charge in [-0.25, -0.2) is 4.68 Å². The maximum atomic E-state index is 5.81. The molecule has 0 saturated heterocycles. The van der Waals surface area contributed by atoms with Gasteiger partial charge in [0.05, 0.1) is 11.4 Å². The van der Waals surface area contributed by atoms with Crippen LogP contribution < -0.4 is 5.73 Å². The van der Waals surface area contributed by atoms with Gasteiger partial charge in [0.2, 0.25) is 0 Å². The minimum absolute atomic E-state index is 0.408. The molecular weight excluding hydrogens is 280 g/mol. The molecule has 0 aliphatic rings. The lowest BCUT2D eigenvalue weighted by Gasteiger charge is -2.09. The molecule has 0 fully saturated rings. The first-order valence-corrected chi connectivity index (χ1v) is 7.80. The van der Waals surface area contributed by atoms with Gasteiger partial charge in [0, 0.05) is 17.8 Å². The summed E-state index contributed by atoms with van der Waals surface area (Å²) in [6, 6.07) is 10.5. The van der Waals surface area contributed by atoms with Gasteiger partial charge < -0.3 is 5.73 Å². The Labute approximate surface area is 128 Å². The normalized spacial score (nSPS) is 11.0. The van der Waals surface area contributed by atoms with E-state index in [4.69, 9.17) is 5.73 Å². The second-order valence-corrected chi connectivity index (χ2v) is 6.16. The van der Waals surface area contributed by atoms with Crippen molar-refractivity contribution >= 4 is 11.3 Å². The highest BCUT2D eigenvalue weighted by Crippen LogP contribution is 2.21. The fourth-order valence-corrected chi connectivity index (χ4v) is 3.02. The SMILES string of the molecule is Cc1ccc(-n2nnc(CN)c2Cc2cccs2)cc1C. The van der Waals surface area contributed by atoms with E-state index in [2.05, 4.69) is 59.9 Å². The zero-order valence-electron chi connectivity index (χ0n) is 12.2. The molecule has 1 aromatic carbocycles. The minimum atomic E-state index is 0.408. The quantitative estimate of drug-likeness (QED) is 0.805. The van der Waals surface area contributed by atoms with Crippen LogP contribution in [-0.4, -0.2) is 15.0 Å². The molecule has 2 aromatic heterocycles. The van der Waals surface area contributed by atoms with E-state index in [1.54, 1.807) is 11.3 Å². The monoisotopic (exact) mass is 298 g/mol. The fourth-order valence-electron chi connectivity index (χ4n) is 2.31. The molecular formula is C16H18N4S. The van der Waals surface area contributed by atoms with Gasteiger partial charge in [0.1, 0.15) is 5.69 Å². The van der Waals surface area contributed by atoms with Crippen molar-refractivity contribution in [1.82, 2.24) is 15.0 Å². The van der Waals surface area contributed by atoms with E-state index < -0.39 is 0 Å². The van der Waals surface area contributed by atoms with E-state index in [1.807, 2.05) is 4.68 Å². The predicted molar refractivity (Wildman–Crippen MR) is 85.8 cm³/mol. The summed E-state index contributed by atoms with van der Waals surface area (Å²) in [5.74, 6) is 0. The summed E-state index contributed by atoms with van der Waals surface area (Å²) >= 11 is 1.74. The van der Waals surface area contributed by atoms with Crippen molar-refractivity contribution in [1.29, 1.82) is 0 Å². The number of nitrogens with two attached hydrogens (primary N) is 1. The summed E-state index contributed by atoms with van der Waals surface area (Å²) < 4.78 is 1.91. The van der Waals surface area contributed by atoms with E-state index in [0.29, 0.717) is 6.54 Å². The first-order chi connectivity index (χ1) is 10.2. The van der Waals surface area contributed by atoms with Crippen LogP contribution in [0.2, 0.25) is 0 Å². The number of hydrogen-bond acceptors (Lipinski definition) is 4. The van der Waals surface area contributed by atoms with Crippen molar-refractivity contribution < 1.29 is 0 Å². The van der Waals surface area contributed by atoms with E-state index >= 15 is 0 Å². The van der Waals surface area contributed by atoms with Crippen molar-refractivity contribution in [2.75, 3.05) is 0 Å². The van der Waals surface area contributed by atoms with Crippen molar-refractivity contribution in [2.45, 2.75) is 26.8 Å². The summed E-state index contributed by atoms with van der Waals surface area (Å²) in [6.45, 7) is 4.63. The molecule has 5 heteroatoms. The second kappa shape index (κ2) is 5.79. The van der Waals surface area contributed by atoms with Gasteiger partial charge in [0.15, 0.2) is 0 Å². The number of hydrogen-bond donors (Lipinski definition) is 1. The average molecular weight is 298 g/mol. The Morgan fingerprint density at radius 3 is 2.71 bits per heavy atom. The van der Waals surface area contributed by atoms with Crippen LogP contribution in [0.5, 0.6) is 0 Å². The topological polar surface area (TPSA) is 56.7 Å². The third kappa shape index (κ3) is 2.75. The number of benzene rings is 1. The van der Waals surface area contributed by atoms with Gasteiger partial charge in [-0.05, 0) is 48.6 Å². The highest BCUT2D eigenvalue weighted by Gasteiger charge is 2.14. The number of aryl methyl sites for hydroxylation is 2. The summed E-state index contributed by atoms with van der Waals surface area (Å²) in [5, 5.41) is 10.6. The van der Waals surface area contributed by atoms with Gasteiger partial charge in [-0.3, -0.25) is 0 Å². The first-order valence-electron chi connectivity index (χ1n) is 6.92. The first kappa shape index (κ1) is 14.0. The van der Waals surface area contributed by atoms with E-state index in [-0.39, 0.29) is 0 Å². The van der Waals surface area contributed by atoms with Crippen LogP contribution >= 0.6 is 11.3 Å². The second-order valence-electron chi connectivity index (χ2n) is 5.12. The Kier molecular flexibility index (Phi) is 3.86. The summed E-state index contributed by atoms with van der Waals surface area (Å²) in [6.07, 6.45) is 0.810. The maximum Gasteiger partial charge on any atom is 0.100 e. The van der Waals surface area contributed by atoms with E-state index in [0.717, 1.165) is 23.5 Å². The average Bonchev–Trinajstić information content (AvgIpc) is 3.12. The highest BCUT2D eigenvalue weighted by molar-refractivity contribution is 7.09. The minimum Gasteiger partial charge on any atom is -0.325 e. The van der Waals surface area contributed by atoms with Crippen molar-refractivity contribution in [2.24, 2.45) is 5.73 Å². The molecule has 108 valence electrons. The van der Waals surface area contributed by atoms with Gasteiger partial charge in [-0.15, -0.1) is 16.4 Å². The summed E-state index contributed by atoms with van der Waals surface area (Å²) in [5.41, 5.74) is 11.3. The van der Waals surface area contributed by atoms with Crippen LogP contribution in [0.1, 0.15) is 27.4 Å². The van der Waals surface area contributed by atoms with Gasteiger partial charge >= 0.3 is 0 Å². The van der Waals surface area contributed by atoms with Crippen LogP contribution in [0.4, 0.5) is 0 Å². The molecule has 3 rings (SSSR count). The molecule has 0 atom stereocenters. The van der Waals surface area contributed by atoms with Crippen LogP contribution in [0, 0.1) is 13.8 Å². The third-order valence-electron chi connectivity index (χ3n) is 3.69. The van der Waals surface area contributed by atoms with Gasteiger partial charge in [0.25, 0.3) is 0 Å². The Hall–Kier alpha value is -1.98. The number of thiophene rings is 1. The lowest BCUT2D eigenvalue weighted by Crippen LogP contribution is -2.07. The van der Waals surface area contributed by atoms with Crippen LogP contribution in [0.25, 0.3) is 5.69 Å². The predicted octanol–water partition coefficient (Wildman–Crippen LogP) is 3.00. The molecule has 4 nitrogen and oxygen atoms in total. The Morgan fingerprint density at radius 2 is 2.05 bits per heavy atom. The number of rotatable bonds is 4. The highest BCUT2D eigenvalue weighted by atomic mass is 32.1. The zero-order chi connectivity index (χ0) is 14.8. The lowest BCUT2D eigenvalue weighted by molar-refractivity contribution is 0.772. The summed E-state index contributed by atoms with van der Waals surface area (Å²) in [4.78, 5) is 1.29. The molecule has 0 unspecified atom stereocenters. The third-order valence-corrected chi connectivity index (χ3v) is 4.57. The Morgan fingerprint density at radius 1 is 1.19 bits per heavy atom. The lowest BCUT2D eigenvalue weighted by atomic mass is 10.1. The fraction of sp³-hybridized carbons (Fsp3) is 0.250.